The molecule has 0 fully saturated rings. The molecule has 1 atom stereocenters. The monoisotopic (exact) mass is 421 g/mol. The Labute approximate surface area is 182 Å². The third kappa shape index (κ3) is 5.99. The molecule has 0 aliphatic carbocycles. The molecule has 3 aromatic carbocycles. The number of carbonyl (C=O) groups excluding carboxylic acids is 1. The molecule has 0 radical (unpaired) electrons. The Morgan fingerprint density at radius 3 is 2.26 bits per heavy atom. The molecular weight excluding hydrogens is 392 g/mol. The lowest BCUT2D eigenvalue weighted by molar-refractivity contribution is -0.411. The Morgan fingerprint density at radius 2 is 1.61 bits per heavy atom. The average molecular weight is 422 g/mol. The van der Waals surface area contributed by atoms with E-state index in [1.54, 1.807) is 14.2 Å². The lowest BCUT2D eigenvalue weighted by atomic mass is 9.98. The summed E-state index contributed by atoms with van der Waals surface area (Å²) in [6, 6.07) is 21.2. The molecule has 0 aliphatic rings. The molecule has 4 N–H and O–H groups in total. The Bertz CT molecular complexity index is 1000. The lowest BCUT2D eigenvalue weighted by Gasteiger charge is -2.15. The van der Waals surface area contributed by atoms with E-state index >= 15 is 0 Å². The van der Waals surface area contributed by atoms with E-state index in [0.29, 0.717) is 12.3 Å². The van der Waals surface area contributed by atoms with Crippen molar-refractivity contribution in [1.29, 1.82) is 0 Å². The minimum Gasteiger partial charge on any atom is -0.497 e. The number of hydrogen-bond donors (Lipinski definition) is 2. The number of carbonyl (C=O) groups is 1. The molecule has 0 bridgehead atoms. The molecule has 3 aromatic rings. The molecule has 0 saturated carbocycles. The fraction of sp³-hybridized carbons (Fsp3) is 0.240. The van der Waals surface area contributed by atoms with E-state index in [9.17, 15) is 4.79 Å². The van der Waals surface area contributed by atoms with E-state index in [4.69, 9.17) is 14.2 Å². The second-order valence-electron chi connectivity index (χ2n) is 7.28. The number of nitrogens with one attached hydrogen (secondary N) is 1. The minimum atomic E-state index is -0.164. The number of methoxy groups -OCH3 is 2. The highest BCUT2D eigenvalue weighted by Gasteiger charge is 2.18. The Morgan fingerprint density at radius 1 is 0.935 bits per heavy atom. The van der Waals surface area contributed by atoms with Crippen LogP contribution >= 0.6 is 0 Å². The van der Waals surface area contributed by atoms with Crippen molar-refractivity contribution in [3.63, 3.8) is 0 Å². The van der Waals surface area contributed by atoms with Gasteiger partial charge >= 0.3 is 0 Å². The van der Waals surface area contributed by atoms with Crippen LogP contribution in [0.4, 0.5) is 0 Å². The van der Waals surface area contributed by atoms with Crippen LogP contribution in [0.1, 0.15) is 28.3 Å². The summed E-state index contributed by atoms with van der Waals surface area (Å²) >= 11 is 0. The molecule has 0 heterocycles. The molecule has 0 aromatic heterocycles. The minimum absolute atomic E-state index is 0.0364. The highest BCUT2D eigenvalue weighted by Crippen LogP contribution is 2.31. The van der Waals surface area contributed by atoms with Crippen molar-refractivity contribution in [2.24, 2.45) is 0 Å². The summed E-state index contributed by atoms with van der Waals surface area (Å²) in [6.45, 7) is 2.48. The molecule has 6 nitrogen and oxygen atoms in total. The van der Waals surface area contributed by atoms with Gasteiger partial charge in [-0.3, -0.25) is 4.79 Å². The molecule has 0 unspecified atom stereocenters. The fourth-order valence-corrected chi connectivity index (χ4v) is 3.19. The average Bonchev–Trinajstić information content (AvgIpc) is 2.81. The van der Waals surface area contributed by atoms with Gasteiger partial charge in [0.2, 0.25) is 0 Å². The first-order chi connectivity index (χ1) is 15.0. The summed E-state index contributed by atoms with van der Waals surface area (Å²) in [4.78, 5) is 12.1. The SMILES string of the molecule is COc1ccc([C@@H]([NH3+])c2ccc(OCC(=O)NCc3ccc(C)cc3)cc2)c(OC)c1. The normalized spacial score (nSPS) is 11.5. The fourth-order valence-electron chi connectivity index (χ4n) is 3.19. The van der Waals surface area contributed by atoms with E-state index in [0.717, 1.165) is 28.2 Å². The van der Waals surface area contributed by atoms with Crippen molar-refractivity contribution >= 4 is 5.91 Å². The summed E-state index contributed by atoms with van der Waals surface area (Å²) in [5.74, 6) is 1.92. The highest BCUT2D eigenvalue weighted by atomic mass is 16.5. The topological polar surface area (TPSA) is 84.4 Å². The molecule has 0 spiro atoms. The van der Waals surface area contributed by atoms with Crippen LogP contribution in [0.2, 0.25) is 0 Å². The van der Waals surface area contributed by atoms with Gasteiger partial charge in [0.05, 0.1) is 19.8 Å². The van der Waals surface area contributed by atoms with Crippen LogP contribution in [-0.4, -0.2) is 26.7 Å². The zero-order valence-electron chi connectivity index (χ0n) is 18.2. The van der Waals surface area contributed by atoms with E-state index in [1.165, 1.54) is 5.56 Å². The largest absolute Gasteiger partial charge is 0.497 e. The summed E-state index contributed by atoms with van der Waals surface area (Å²) in [7, 11) is 3.25. The van der Waals surface area contributed by atoms with Gasteiger partial charge in [-0.25, -0.2) is 0 Å². The van der Waals surface area contributed by atoms with Crippen LogP contribution in [0.3, 0.4) is 0 Å². The number of rotatable bonds is 9. The molecule has 1 amide bonds. The van der Waals surface area contributed by atoms with Gasteiger partial charge in [0.1, 0.15) is 23.3 Å². The Balaban J connectivity index is 1.55. The third-order valence-electron chi connectivity index (χ3n) is 5.08. The molecular formula is C25H29N2O4+. The standard InChI is InChI=1S/C25H28N2O4/c1-17-4-6-18(7-5-17)15-27-24(28)16-31-20-10-8-19(9-11-20)25(26)22-13-12-21(29-2)14-23(22)30-3/h4-14,25H,15-16,26H2,1-3H3,(H,27,28)/p+1/t25-/m0/s1. The van der Waals surface area contributed by atoms with Gasteiger partial charge in [0.15, 0.2) is 6.61 Å². The van der Waals surface area contributed by atoms with Gasteiger partial charge in [-0.1, -0.05) is 29.8 Å². The van der Waals surface area contributed by atoms with E-state index in [-0.39, 0.29) is 18.6 Å². The quantitative estimate of drug-likeness (QED) is 0.556. The van der Waals surface area contributed by atoms with Gasteiger partial charge in [-0.2, -0.15) is 0 Å². The second-order valence-corrected chi connectivity index (χ2v) is 7.28. The lowest BCUT2D eigenvalue weighted by Crippen LogP contribution is -2.54. The number of amides is 1. The van der Waals surface area contributed by atoms with Gasteiger partial charge in [-0.15, -0.1) is 0 Å². The van der Waals surface area contributed by atoms with E-state index in [1.807, 2.05) is 73.7 Å². The van der Waals surface area contributed by atoms with Gasteiger partial charge in [0, 0.05) is 18.2 Å². The number of ether oxygens (including phenoxy) is 3. The summed E-state index contributed by atoms with van der Waals surface area (Å²) in [6.07, 6.45) is 0. The number of benzene rings is 3. The van der Waals surface area contributed by atoms with Crippen molar-refractivity contribution in [3.05, 3.63) is 89.0 Å². The van der Waals surface area contributed by atoms with Crippen molar-refractivity contribution in [2.45, 2.75) is 19.5 Å². The zero-order chi connectivity index (χ0) is 22.2. The molecule has 0 saturated heterocycles. The van der Waals surface area contributed by atoms with Crippen LogP contribution in [0.25, 0.3) is 0 Å². The van der Waals surface area contributed by atoms with Crippen LogP contribution in [-0.2, 0) is 11.3 Å². The maximum atomic E-state index is 12.1. The molecule has 0 aliphatic heterocycles. The van der Waals surface area contributed by atoms with E-state index < -0.39 is 0 Å². The predicted octanol–water partition coefficient (Wildman–Crippen LogP) is 3.04. The highest BCUT2D eigenvalue weighted by molar-refractivity contribution is 5.77. The summed E-state index contributed by atoms with van der Waals surface area (Å²) in [5.41, 5.74) is 8.50. The van der Waals surface area contributed by atoms with Crippen molar-refractivity contribution in [3.8, 4) is 17.2 Å². The maximum Gasteiger partial charge on any atom is 0.258 e. The van der Waals surface area contributed by atoms with Crippen LogP contribution < -0.4 is 25.3 Å². The van der Waals surface area contributed by atoms with Crippen LogP contribution in [0, 0.1) is 6.92 Å². The summed E-state index contributed by atoms with van der Waals surface area (Å²) < 4.78 is 16.4. The molecule has 6 heteroatoms. The Hall–Kier alpha value is -3.51. The maximum absolute atomic E-state index is 12.1. The van der Waals surface area contributed by atoms with Crippen LogP contribution in [0.15, 0.2) is 66.7 Å². The van der Waals surface area contributed by atoms with Crippen molar-refractivity contribution in [1.82, 2.24) is 5.32 Å². The first-order valence-electron chi connectivity index (χ1n) is 10.1. The first kappa shape index (κ1) is 22.2. The van der Waals surface area contributed by atoms with Gasteiger partial charge < -0.3 is 25.3 Å². The second kappa shape index (κ2) is 10.5. The summed E-state index contributed by atoms with van der Waals surface area (Å²) in [5, 5.41) is 2.86. The zero-order valence-corrected chi connectivity index (χ0v) is 18.2. The van der Waals surface area contributed by atoms with Crippen molar-refractivity contribution in [2.75, 3.05) is 20.8 Å². The van der Waals surface area contributed by atoms with E-state index in [2.05, 4.69) is 11.1 Å². The predicted molar refractivity (Wildman–Crippen MR) is 119 cm³/mol. The first-order valence-corrected chi connectivity index (χ1v) is 10.1. The molecule has 162 valence electrons. The smallest absolute Gasteiger partial charge is 0.258 e. The third-order valence-corrected chi connectivity index (χ3v) is 5.08. The number of quaternary nitrogens is 1. The molecule has 31 heavy (non-hydrogen) atoms. The number of aryl methyl sites for hydroxylation is 1. The van der Waals surface area contributed by atoms with Crippen molar-refractivity contribution < 1.29 is 24.7 Å². The number of hydrogen-bond acceptors (Lipinski definition) is 4. The van der Waals surface area contributed by atoms with Crippen LogP contribution in [0.5, 0.6) is 17.2 Å². The Kier molecular flexibility index (Phi) is 7.51. The van der Waals surface area contributed by atoms with Gasteiger partial charge in [0.25, 0.3) is 5.91 Å². The van der Waals surface area contributed by atoms with Gasteiger partial charge in [-0.05, 0) is 48.9 Å². The molecule has 3 rings (SSSR count).